The highest BCUT2D eigenvalue weighted by Gasteiger charge is 2.26. The van der Waals surface area contributed by atoms with Gasteiger partial charge in [-0.1, -0.05) is 43.0 Å². The van der Waals surface area contributed by atoms with E-state index in [1.807, 2.05) is 13.1 Å². The maximum atomic E-state index is 5.93. The second-order valence-electron chi connectivity index (χ2n) is 4.66. The molecule has 0 heterocycles. The predicted molar refractivity (Wildman–Crippen MR) is 80.0 cm³/mol. The number of unbranched alkanes of at least 4 members (excludes halogenated alkanes) is 2. The molecule has 1 aromatic carbocycles. The second kappa shape index (κ2) is 7.39. The van der Waals surface area contributed by atoms with Crippen molar-refractivity contribution in [3.63, 3.8) is 0 Å². The van der Waals surface area contributed by atoms with Crippen LogP contribution in [0.2, 0.25) is 23.1 Å². The summed E-state index contributed by atoms with van der Waals surface area (Å²) in [5.74, 6) is 0.680. The van der Waals surface area contributed by atoms with Crippen LogP contribution < -0.4 is 4.43 Å². The molecule has 2 nitrogen and oxygen atoms in total. The highest BCUT2D eigenvalue weighted by Crippen LogP contribution is 2.26. The summed E-state index contributed by atoms with van der Waals surface area (Å²) in [6.07, 6.45) is 3.45. The quantitative estimate of drug-likeness (QED) is 0.504. The van der Waals surface area contributed by atoms with Crippen LogP contribution in [-0.4, -0.2) is 15.2 Å². The Balaban J connectivity index is 2.53. The number of halogens is 2. The van der Waals surface area contributed by atoms with Crippen molar-refractivity contribution in [1.82, 2.24) is 0 Å². The van der Waals surface area contributed by atoms with E-state index in [-0.39, 0.29) is 0 Å². The van der Waals surface area contributed by atoms with Crippen LogP contribution in [0.4, 0.5) is 0 Å². The number of benzene rings is 1. The summed E-state index contributed by atoms with van der Waals surface area (Å²) in [6.45, 7) is 6.97. The van der Waals surface area contributed by atoms with Gasteiger partial charge >= 0.3 is 8.56 Å². The first kappa shape index (κ1) is 15.8. The van der Waals surface area contributed by atoms with Crippen molar-refractivity contribution in [2.45, 2.75) is 39.3 Å². The molecule has 102 valence electrons. The minimum Gasteiger partial charge on any atom is -0.520 e. The van der Waals surface area contributed by atoms with Gasteiger partial charge in [-0.05, 0) is 37.7 Å². The molecule has 1 aromatic rings. The maximum Gasteiger partial charge on any atom is 0.392 e. The zero-order valence-electron chi connectivity index (χ0n) is 11.1. The largest absolute Gasteiger partial charge is 0.520 e. The first-order valence-electron chi connectivity index (χ1n) is 6.22. The number of rotatable bonds is 7. The lowest BCUT2D eigenvalue weighted by Gasteiger charge is -2.24. The Morgan fingerprint density at radius 1 is 1.06 bits per heavy atom. The van der Waals surface area contributed by atoms with Gasteiger partial charge in [0.25, 0.3) is 0 Å². The molecule has 0 spiro atoms. The molecule has 0 N–H and O–H groups in total. The minimum atomic E-state index is -2.16. The summed E-state index contributed by atoms with van der Waals surface area (Å²) >= 11 is 11.9. The van der Waals surface area contributed by atoms with E-state index < -0.39 is 8.56 Å². The third-order valence-corrected chi connectivity index (χ3v) is 4.46. The van der Waals surface area contributed by atoms with Crippen LogP contribution in [0.25, 0.3) is 0 Å². The van der Waals surface area contributed by atoms with Crippen molar-refractivity contribution in [2.75, 3.05) is 6.61 Å². The Morgan fingerprint density at radius 3 is 2.22 bits per heavy atom. The van der Waals surface area contributed by atoms with Gasteiger partial charge < -0.3 is 8.85 Å². The minimum absolute atomic E-state index is 0.577. The van der Waals surface area contributed by atoms with Gasteiger partial charge in [-0.2, -0.15) is 0 Å². The molecule has 0 unspecified atom stereocenters. The average Bonchev–Trinajstić information content (AvgIpc) is 2.22. The third kappa shape index (κ3) is 6.09. The van der Waals surface area contributed by atoms with Gasteiger partial charge in [0.15, 0.2) is 0 Å². The van der Waals surface area contributed by atoms with E-state index >= 15 is 0 Å². The van der Waals surface area contributed by atoms with Crippen LogP contribution in [0.15, 0.2) is 18.2 Å². The van der Waals surface area contributed by atoms with Crippen LogP contribution in [0, 0.1) is 0 Å². The van der Waals surface area contributed by atoms with E-state index in [4.69, 9.17) is 32.1 Å². The molecule has 0 aliphatic carbocycles. The number of hydrogen-bond acceptors (Lipinski definition) is 2. The summed E-state index contributed by atoms with van der Waals surface area (Å²) in [7, 11) is -2.16. The molecule has 0 amide bonds. The topological polar surface area (TPSA) is 18.5 Å². The molecule has 0 aliphatic rings. The molecular formula is C13H20Cl2O2Si. The van der Waals surface area contributed by atoms with Crippen LogP contribution in [0.3, 0.4) is 0 Å². The zero-order chi connectivity index (χ0) is 13.6. The SMILES string of the molecule is CCCCCO[Si](C)(C)Oc1cc(Cl)cc(Cl)c1. The Bertz CT molecular complexity index is 363. The molecular weight excluding hydrogens is 287 g/mol. The molecule has 5 heteroatoms. The van der Waals surface area contributed by atoms with Crippen molar-refractivity contribution in [2.24, 2.45) is 0 Å². The van der Waals surface area contributed by atoms with E-state index in [1.165, 1.54) is 12.8 Å². The third-order valence-electron chi connectivity index (χ3n) is 2.40. The predicted octanol–water partition coefficient (Wildman–Crippen LogP) is 5.28. The highest BCUT2D eigenvalue weighted by atomic mass is 35.5. The summed E-state index contributed by atoms with van der Waals surface area (Å²) in [5.41, 5.74) is 0. The fourth-order valence-corrected chi connectivity index (χ4v) is 3.46. The standard InChI is InChI=1S/C13H20Cl2O2Si/c1-4-5-6-7-16-18(2,3)17-13-9-11(14)8-12(15)10-13/h8-10H,4-7H2,1-3H3. The highest BCUT2D eigenvalue weighted by molar-refractivity contribution is 6.65. The van der Waals surface area contributed by atoms with Gasteiger partial charge in [0.1, 0.15) is 5.75 Å². The molecule has 1 rings (SSSR count). The average molecular weight is 307 g/mol. The molecule has 0 atom stereocenters. The van der Waals surface area contributed by atoms with E-state index in [2.05, 4.69) is 6.92 Å². The molecule has 0 aromatic heterocycles. The summed E-state index contributed by atoms with van der Waals surface area (Å²) < 4.78 is 11.7. The van der Waals surface area contributed by atoms with Gasteiger partial charge in [0, 0.05) is 16.7 Å². The van der Waals surface area contributed by atoms with Crippen molar-refractivity contribution < 1.29 is 8.85 Å². The van der Waals surface area contributed by atoms with Gasteiger partial charge in [-0.15, -0.1) is 0 Å². The first-order valence-corrected chi connectivity index (χ1v) is 9.79. The van der Waals surface area contributed by atoms with E-state index in [1.54, 1.807) is 18.2 Å². The van der Waals surface area contributed by atoms with Gasteiger partial charge in [0.05, 0.1) is 0 Å². The molecule has 0 aliphatic heterocycles. The van der Waals surface area contributed by atoms with Crippen LogP contribution in [-0.2, 0) is 4.43 Å². The summed E-state index contributed by atoms with van der Waals surface area (Å²) in [6, 6.07) is 5.21. The number of hydrogen-bond donors (Lipinski definition) is 0. The Labute approximate surface area is 120 Å². The lowest BCUT2D eigenvalue weighted by atomic mass is 10.3. The molecule has 0 saturated carbocycles. The van der Waals surface area contributed by atoms with E-state index in [9.17, 15) is 0 Å². The Morgan fingerprint density at radius 2 is 1.67 bits per heavy atom. The molecule has 0 fully saturated rings. The van der Waals surface area contributed by atoms with Crippen molar-refractivity contribution in [3.8, 4) is 5.75 Å². The first-order chi connectivity index (χ1) is 8.43. The molecule has 0 saturated heterocycles. The van der Waals surface area contributed by atoms with Crippen molar-refractivity contribution in [1.29, 1.82) is 0 Å². The van der Waals surface area contributed by atoms with E-state index in [0.717, 1.165) is 13.0 Å². The van der Waals surface area contributed by atoms with Gasteiger partial charge in [0.2, 0.25) is 0 Å². The van der Waals surface area contributed by atoms with E-state index in [0.29, 0.717) is 15.8 Å². The zero-order valence-corrected chi connectivity index (χ0v) is 13.6. The lowest BCUT2D eigenvalue weighted by Crippen LogP contribution is -2.38. The summed E-state index contributed by atoms with van der Waals surface area (Å²) in [5, 5.41) is 1.15. The van der Waals surface area contributed by atoms with Crippen LogP contribution in [0.1, 0.15) is 26.2 Å². The van der Waals surface area contributed by atoms with Crippen LogP contribution >= 0.6 is 23.2 Å². The summed E-state index contributed by atoms with van der Waals surface area (Å²) in [4.78, 5) is 0. The fourth-order valence-electron chi connectivity index (χ4n) is 1.57. The van der Waals surface area contributed by atoms with Crippen molar-refractivity contribution in [3.05, 3.63) is 28.2 Å². The van der Waals surface area contributed by atoms with Gasteiger partial charge in [-0.25, -0.2) is 0 Å². The molecule has 0 radical (unpaired) electrons. The smallest absolute Gasteiger partial charge is 0.392 e. The molecule has 18 heavy (non-hydrogen) atoms. The fraction of sp³-hybridized carbons (Fsp3) is 0.538. The monoisotopic (exact) mass is 306 g/mol. The maximum absolute atomic E-state index is 5.93. The second-order valence-corrected chi connectivity index (χ2v) is 8.83. The van der Waals surface area contributed by atoms with Crippen molar-refractivity contribution >= 4 is 31.8 Å². The van der Waals surface area contributed by atoms with Gasteiger partial charge in [-0.3, -0.25) is 0 Å². The Kier molecular flexibility index (Phi) is 6.50. The Hall–Kier alpha value is -0.223. The molecule has 0 bridgehead atoms. The normalized spacial score (nSPS) is 11.6. The lowest BCUT2D eigenvalue weighted by molar-refractivity contribution is 0.241. The van der Waals surface area contributed by atoms with Crippen LogP contribution in [0.5, 0.6) is 5.75 Å².